The third-order valence-corrected chi connectivity index (χ3v) is 2.86. The average molecular weight is 326 g/mol. The Morgan fingerprint density at radius 1 is 1.42 bits per heavy atom. The summed E-state index contributed by atoms with van der Waals surface area (Å²) in [6.45, 7) is 0.287. The largest absolute Gasteiger partial charge is 0.481 e. The minimum atomic E-state index is -0.891. The maximum atomic E-state index is 11.5. The van der Waals surface area contributed by atoms with E-state index in [1.807, 2.05) is 6.07 Å². The number of hydrogen-bond acceptors (Lipinski definition) is 3. The highest BCUT2D eigenvalue weighted by atomic mass is 79.9. The highest BCUT2D eigenvalue weighted by Crippen LogP contribution is 2.20. The smallest absolute Gasteiger partial charge is 0.319 e. The summed E-state index contributed by atoms with van der Waals surface area (Å²) in [5, 5.41) is 22.3. The molecule has 0 unspecified atom stereocenters. The van der Waals surface area contributed by atoms with Crippen LogP contribution in [0.15, 0.2) is 22.7 Å². The summed E-state index contributed by atoms with van der Waals surface area (Å²) in [6.07, 6.45) is 0.391. The van der Waals surface area contributed by atoms with Crippen LogP contribution in [-0.2, 0) is 4.79 Å². The van der Waals surface area contributed by atoms with Gasteiger partial charge in [-0.3, -0.25) is 4.79 Å². The molecule has 7 heteroatoms. The quantitative estimate of drug-likeness (QED) is 0.723. The van der Waals surface area contributed by atoms with Crippen molar-refractivity contribution >= 4 is 33.6 Å². The molecule has 0 bridgehead atoms. The van der Waals surface area contributed by atoms with Gasteiger partial charge >= 0.3 is 12.0 Å². The van der Waals surface area contributed by atoms with E-state index in [2.05, 4.69) is 26.6 Å². The second kappa shape index (κ2) is 7.38. The summed E-state index contributed by atoms with van der Waals surface area (Å²) in [7, 11) is 0. The lowest BCUT2D eigenvalue weighted by molar-refractivity contribution is -0.137. The van der Waals surface area contributed by atoms with E-state index in [-0.39, 0.29) is 13.0 Å². The van der Waals surface area contributed by atoms with Gasteiger partial charge in [0.1, 0.15) is 6.07 Å². The van der Waals surface area contributed by atoms with Gasteiger partial charge in [0.05, 0.1) is 5.56 Å². The van der Waals surface area contributed by atoms with Crippen LogP contribution in [-0.4, -0.2) is 23.7 Å². The summed E-state index contributed by atoms with van der Waals surface area (Å²) in [6, 6.07) is 6.40. The molecule has 2 amide bonds. The van der Waals surface area contributed by atoms with Crippen molar-refractivity contribution in [3.63, 3.8) is 0 Å². The standard InChI is InChI=1S/C12H12BrN3O3/c13-10-6-9(4-3-8(10)7-14)16-12(19)15-5-1-2-11(17)18/h3-4,6H,1-2,5H2,(H,17,18)(H2,15,16,19). The first-order valence-corrected chi connectivity index (χ1v) is 6.28. The molecule has 0 radical (unpaired) electrons. The molecule has 6 nitrogen and oxygen atoms in total. The molecule has 1 aromatic rings. The van der Waals surface area contributed by atoms with Crippen LogP contribution >= 0.6 is 15.9 Å². The van der Waals surface area contributed by atoms with Crippen LogP contribution in [0.5, 0.6) is 0 Å². The maximum Gasteiger partial charge on any atom is 0.319 e. The topological polar surface area (TPSA) is 102 Å². The molecule has 0 aliphatic rings. The second-order valence-corrected chi connectivity index (χ2v) is 4.54. The molecule has 0 atom stereocenters. The van der Waals surface area contributed by atoms with Crippen molar-refractivity contribution in [3.05, 3.63) is 28.2 Å². The van der Waals surface area contributed by atoms with Crippen molar-refractivity contribution < 1.29 is 14.7 Å². The molecule has 0 spiro atoms. The number of hydrogen-bond donors (Lipinski definition) is 3. The number of nitriles is 1. The van der Waals surface area contributed by atoms with Gasteiger partial charge in [-0.2, -0.15) is 5.26 Å². The Balaban J connectivity index is 2.42. The molecule has 19 heavy (non-hydrogen) atoms. The van der Waals surface area contributed by atoms with Gasteiger partial charge in [-0.1, -0.05) is 0 Å². The van der Waals surface area contributed by atoms with Gasteiger partial charge in [0, 0.05) is 23.1 Å². The molecule has 0 heterocycles. The number of nitrogens with one attached hydrogen (secondary N) is 2. The average Bonchev–Trinajstić information content (AvgIpc) is 2.35. The number of urea groups is 1. The zero-order valence-corrected chi connectivity index (χ0v) is 11.5. The van der Waals surface area contributed by atoms with Crippen LogP contribution in [0.2, 0.25) is 0 Å². The minimum absolute atomic E-state index is 0.0166. The lowest BCUT2D eigenvalue weighted by Gasteiger charge is -2.07. The Labute approximate surface area is 118 Å². The number of carbonyl (C=O) groups excluding carboxylic acids is 1. The molecule has 0 aliphatic carbocycles. The van der Waals surface area contributed by atoms with Gasteiger partial charge in [0.15, 0.2) is 0 Å². The van der Waals surface area contributed by atoms with E-state index in [0.717, 1.165) is 0 Å². The summed E-state index contributed by atoms with van der Waals surface area (Å²) in [5.41, 5.74) is 1.02. The van der Waals surface area contributed by atoms with Crippen molar-refractivity contribution in [2.45, 2.75) is 12.8 Å². The molecule has 1 aromatic carbocycles. The van der Waals surface area contributed by atoms with Crippen LogP contribution < -0.4 is 10.6 Å². The predicted molar refractivity (Wildman–Crippen MR) is 72.7 cm³/mol. The predicted octanol–water partition coefficient (Wildman–Crippen LogP) is 2.31. The second-order valence-electron chi connectivity index (χ2n) is 3.68. The normalized spacial score (nSPS) is 9.47. The van der Waals surface area contributed by atoms with Crippen LogP contribution in [0, 0.1) is 11.3 Å². The third-order valence-electron chi connectivity index (χ3n) is 2.20. The van der Waals surface area contributed by atoms with Crippen LogP contribution in [0.25, 0.3) is 0 Å². The highest BCUT2D eigenvalue weighted by Gasteiger charge is 2.04. The number of rotatable bonds is 5. The van der Waals surface area contributed by atoms with Gasteiger partial charge in [0.25, 0.3) is 0 Å². The molecule has 0 saturated heterocycles. The fourth-order valence-corrected chi connectivity index (χ4v) is 1.77. The summed E-state index contributed by atoms with van der Waals surface area (Å²) < 4.78 is 0.596. The first-order valence-electron chi connectivity index (χ1n) is 5.49. The van der Waals surface area contributed by atoms with Gasteiger partial charge in [-0.05, 0) is 40.5 Å². The third kappa shape index (κ3) is 5.40. The summed E-state index contributed by atoms with van der Waals surface area (Å²) in [5.74, 6) is -0.891. The molecular formula is C12H12BrN3O3. The highest BCUT2D eigenvalue weighted by molar-refractivity contribution is 9.10. The zero-order valence-electron chi connectivity index (χ0n) is 9.94. The Morgan fingerprint density at radius 2 is 2.16 bits per heavy atom. The monoisotopic (exact) mass is 325 g/mol. The number of halogens is 1. The number of carbonyl (C=O) groups is 2. The van der Waals surface area contributed by atoms with Crippen LogP contribution in [0.4, 0.5) is 10.5 Å². The summed E-state index contributed by atoms with van der Waals surface area (Å²) in [4.78, 5) is 21.7. The van der Waals surface area contributed by atoms with E-state index >= 15 is 0 Å². The fourth-order valence-electron chi connectivity index (χ4n) is 1.30. The molecule has 0 saturated carbocycles. The molecule has 1 rings (SSSR count). The number of benzene rings is 1. The maximum absolute atomic E-state index is 11.5. The van der Waals surface area contributed by atoms with Crippen LogP contribution in [0.1, 0.15) is 18.4 Å². The van der Waals surface area contributed by atoms with Crippen molar-refractivity contribution in [1.82, 2.24) is 5.32 Å². The van der Waals surface area contributed by atoms with Gasteiger partial charge < -0.3 is 15.7 Å². The molecule has 100 valence electrons. The van der Waals surface area contributed by atoms with Gasteiger partial charge in [-0.15, -0.1) is 0 Å². The van der Waals surface area contributed by atoms with Gasteiger partial charge in [-0.25, -0.2) is 4.79 Å². The van der Waals surface area contributed by atoms with E-state index in [1.165, 1.54) is 0 Å². The number of carboxylic acids is 1. The lowest BCUT2D eigenvalue weighted by Crippen LogP contribution is -2.29. The fraction of sp³-hybridized carbons (Fsp3) is 0.250. The molecule has 0 aliphatic heterocycles. The Bertz CT molecular complexity index is 525. The van der Waals surface area contributed by atoms with E-state index in [9.17, 15) is 9.59 Å². The first kappa shape index (κ1) is 15.0. The zero-order chi connectivity index (χ0) is 14.3. The molecule has 0 aromatic heterocycles. The van der Waals surface area contributed by atoms with Crippen molar-refractivity contribution in [1.29, 1.82) is 5.26 Å². The number of carboxylic acid groups (broad SMARTS) is 1. The summed E-state index contributed by atoms with van der Waals surface area (Å²) >= 11 is 3.22. The van der Waals surface area contributed by atoms with Gasteiger partial charge in [0.2, 0.25) is 0 Å². The Kier molecular flexibility index (Phi) is 5.82. The number of nitrogens with zero attached hydrogens (tertiary/aromatic N) is 1. The molecular weight excluding hydrogens is 314 g/mol. The molecule has 0 fully saturated rings. The first-order chi connectivity index (χ1) is 9.02. The van der Waals surface area contributed by atoms with Crippen LogP contribution in [0.3, 0.4) is 0 Å². The Morgan fingerprint density at radius 3 is 2.74 bits per heavy atom. The van der Waals surface area contributed by atoms with E-state index in [1.54, 1.807) is 18.2 Å². The van der Waals surface area contributed by atoms with Crippen molar-refractivity contribution in [2.75, 3.05) is 11.9 Å². The van der Waals surface area contributed by atoms with E-state index in [4.69, 9.17) is 10.4 Å². The molecule has 3 N–H and O–H groups in total. The minimum Gasteiger partial charge on any atom is -0.481 e. The van der Waals surface area contributed by atoms with E-state index < -0.39 is 12.0 Å². The number of amides is 2. The Hall–Kier alpha value is -2.07. The number of anilines is 1. The lowest BCUT2D eigenvalue weighted by atomic mass is 10.2. The SMILES string of the molecule is N#Cc1ccc(NC(=O)NCCCC(=O)O)cc1Br. The van der Waals surface area contributed by atoms with E-state index in [0.29, 0.717) is 22.1 Å². The van der Waals surface area contributed by atoms with Crippen molar-refractivity contribution in [3.8, 4) is 6.07 Å². The number of aliphatic carboxylic acids is 1. The van der Waals surface area contributed by atoms with Crippen molar-refractivity contribution in [2.24, 2.45) is 0 Å².